The van der Waals surface area contributed by atoms with E-state index in [0.29, 0.717) is 0 Å². The molecule has 5 heteroatoms. The molecule has 1 N–H and O–H groups in total. The van der Waals surface area contributed by atoms with Crippen molar-refractivity contribution in [2.45, 2.75) is 0 Å². The SMILES string of the molecule is CNc1cc(Oc2ccc(OC)cc2Br)ccn1. The maximum Gasteiger partial charge on any atom is 0.141 e. The molecular formula is C13H13BrN2O2. The van der Waals surface area contributed by atoms with Crippen molar-refractivity contribution in [3.05, 3.63) is 41.0 Å². The van der Waals surface area contributed by atoms with Gasteiger partial charge >= 0.3 is 0 Å². The summed E-state index contributed by atoms with van der Waals surface area (Å²) in [6.45, 7) is 0. The zero-order chi connectivity index (χ0) is 13.0. The molecule has 2 aromatic rings. The predicted molar refractivity (Wildman–Crippen MR) is 74.6 cm³/mol. The van der Waals surface area contributed by atoms with E-state index in [4.69, 9.17) is 9.47 Å². The van der Waals surface area contributed by atoms with E-state index >= 15 is 0 Å². The predicted octanol–water partition coefficient (Wildman–Crippen LogP) is 3.69. The van der Waals surface area contributed by atoms with Gasteiger partial charge < -0.3 is 14.8 Å². The summed E-state index contributed by atoms with van der Waals surface area (Å²) in [5.74, 6) is 2.99. The van der Waals surface area contributed by atoms with Crippen molar-refractivity contribution in [3.63, 3.8) is 0 Å². The maximum atomic E-state index is 5.77. The molecule has 0 spiro atoms. The first-order valence-corrected chi connectivity index (χ1v) is 6.17. The van der Waals surface area contributed by atoms with Gasteiger partial charge in [0.25, 0.3) is 0 Å². The third kappa shape index (κ3) is 2.92. The van der Waals surface area contributed by atoms with Crippen molar-refractivity contribution in [2.75, 3.05) is 19.5 Å². The van der Waals surface area contributed by atoms with E-state index in [9.17, 15) is 0 Å². The summed E-state index contributed by atoms with van der Waals surface area (Å²) in [6.07, 6.45) is 1.69. The first-order chi connectivity index (χ1) is 8.72. The Morgan fingerprint density at radius 1 is 1.17 bits per heavy atom. The van der Waals surface area contributed by atoms with Gasteiger partial charge in [-0.1, -0.05) is 0 Å². The summed E-state index contributed by atoms with van der Waals surface area (Å²) in [7, 11) is 3.44. The van der Waals surface area contributed by atoms with E-state index in [-0.39, 0.29) is 0 Å². The second kappa shape index (κ2) is 5.73. The monoisotopic (exact) mass is 308 g/mol. The van der Waals surface area contributed by atoms with E-state index in [1.54, 1.807) is 19.4 Å². The Morgan fingerprint density at radius 3 is 2.67 bits per heavy atom. The molecule has 0 unspecified atom stereocenters. The van der Waals surface area contributed by atoms with Gasteiger partial charge in [0.1, 0.15) is 23.1 Å². The van der Waals surface area contributed by atoms with Crippen molar-refractivity contribution < 1.29 is 9.47 Å². The molecule has 94 valence electrons. The van der Waals surface area contributed by atoms with Crippen molar-refractivity contribution in [1.82, 2.24) is 4.98 Å². The van der Waals surface area contributed by atoms with Crippen molar-refractivity contribution in [1.29, 1.82) is 0 Å². The second-order valence-electron chi connectivity index (χ2n) is 3.53. The first-order valence-electron chi connectivity index (χ1n) is 5.38. The van der Waals surface area contributed by atoms with Gasteiger partial charge in [0.2, 0.25) is 0 Å². The molecule has 0 saturated carbocycles. The number of hydrogen-bond acceptors (Lipinski definition) is 4. The number of ether oxygens (including phenoxy) is 2. The lowest BCUT2D eigenvalue weighted by molar-refractivity contribution is 0.412. The molecule has 4 nitrogen and oxygen atoms in total. The third-order valence-electron chi connectivity index (χ3n) is 2.35. The Labute approximate surface area is 114 Å². The fourth-order valence-electron chi connectivity index (χ4n) is 1.43. The molecule has 0 saturated heterocycles. The summed E-state index contributed by atoms with van der Waals surface area (Å²) in [6, 6.07) is 9.19. The van der Waals surface area contributed by atoms with Crippen molar-refractivity contribution in [2.24, 2.45) is 0 Å². The van der Waals surface area contributed by atoms with Crippen LogP contribution in [-0.2, 0) is 0 Å². The normalized spacial score (nSPS) is 9.94. The van der Waals surface area contributed by atoms with Crippen LogP contribution < -0.4 is 14.8 Å². The Balaban J connectivity index is 2.22. The number of anilines is 1. The fourth-order valence-corrected chi connectivity index (χ4v) is 1.87. The van der Waals surface area contributed by atoms with Gasteiger partial charge in [0, 0.05) is 19.3 Å². The van der Waals surface area contributed by atoms with E-state index < -0.39 is 0 Å². The van der Waals surface area contributed by atoms with Crippen LogP contribution in [0.15, 0.2) is 41.0 Å². The highest BCUT2D eigenvalue weighted by Gasteiger charge is 2.05. The third-order valence-corrected chi connectivity index (χ3v) is 2.97. The summed E-state index contributed by atoms with van der Waals surface area (Å²) in [5, 5.41) is 2.96. The molecule has 1 aromatic carbocycles. The minimum absolute atomic E-state index is 0.722. The zero-order valence-corrected chi connectivity index (χ0v) is 11.7. The van der Waals surface area contributed by atoms with Crippen LogP contribution in [0.5, 0.6) is 17.2 Å². The van der Waals surface area contributed by atoms with Crippen LogP contribution in [0, 0.1) is 0 Å². The zero-order valence-electron chi connectivity index (χ0n) is 10.1. The Hall–Kier alpha value is -1.75. The topological polar surface area (TPSA) is 43.4 Å². The number of nitrogens with one attached hydrogen (secondary N) is 1. The van der Waals surface area contributed by atoms with Crippen LogP contribution in [0.1, 0.15) is 0 Å². The van der Waals surface area contributed by atoms with Gasteiger partial charge in [-0.05, 0) is 40.2 Å². The molecule has 0 bridgehead atoms. The molecule has 0 atom stereocenters. The van der Waals surface area contributed by atoms with Gasteiger partial charge in [-0.3, -0.25) is 0 Å². The van der Waals surface area contributed by atoms with Gasteiger partial charge in [-0.15, -0.1) is 0 Å². The second-order valence-corrected chi connectivity index (χ2v) is 4.38. The molecule has 0 amide bonds. The lowest BCUT2D eigenvalue weighted by Crippen LogP contribution is -1.93. The number of halogens is 1. The number of benzene rings is 1. The van der Waals surface area contributed by atoms with Gasteiger partial charge in [-0.2, -0.15) is 0 Å². The summed E-state index contributed by atoms with van der Waals surface area (Å²) < 4.78 is 11.7. The van der Waals surface area contributed by atoms with Gasteiger partial charge in [-0.25, -0.2) is 4.98 Å². The molecule has 18 heavy (non-hydrogen) atoms. The van der Waals surface area contributed by atoms with Crippen molar-refractivity contribution in [3.8, 4) is 17.2 Å². The van der Waals surface area contributed by atoms with Gasteiger partial charge in [0.15, 0.2) is 0 Å². The van der Waals surface area contributed by atoms with Crippen LogP contribution in [-0.4, -0.2) is 19.1 Å². The summed E-state index contributed by atoms with van der Waals surface area (Å²) >= 11 is 3.44. The smallest absolute Gasteiger partial charge is 0.141 e. The highest BCUT2D eigenvalue weighted by atomic mass is 79.9. The minimum Gasteiger partial charge on any atom is -0.497 e. The minimum atomic E-state index is 0.722. The quantitative estimate of drug-likeness (QED) is 0.935. The maximum absolute atomic E-state index is 5.77. The van der Waals surface area contributed by atoms with Crippen LogP contribution in [0.4, 0.5) is 5.82 Å². The Morgan fingerprint density at radius 2 is 2.00 bits per heavy atom. The standard InChI is InChI=1S/C13H13BrN2O2/c1-15-13-8-10(5-6-16-13)18-12-4-3-9(17-2)7-11(12)14/h3-8H,1-2H3,(H,15,16). The molecule has 0 aliphatic carbocycles. The highest BCUT2D eigenvalue weighted by molar-refractivity contribution is 9.10. The lowest BCUT2D eigenvalue weighted by Gasteiger charge is -2.09. The van der Waals surface area contributed by atoms with Gasteiger partial charge in [0.05, 0.1) is 11.6 Å². The molecule has 0 aliphatic heterocycles. The van der Waals surface area contributed by atoms with Crippen molar-refractivity contribution >= 4 is 21.7 Å². The fraction of sp³-hybridized carbons (Fsp3) is 0.154. The summed E-state index contributed by atoms with van der Waals surface area (Å²) in [4.78, 5) is 4.13. The average molecular weight is 309 g/mol. The van der Waals surface area contributed by atoms with Crippen LogP contribution in [0.25, 0.3) is 0 Å². The molecule has 1 heterocycles. The number of pyridine rings is 1. The number of hydrogen-bond donors (Lipinski definition) is 1. The first kappa shape index (κ1) is 12.7. The molecule has 0 radical (unpaired) electrons. The number of nitrogens with zero attached hydrogens (tertiary/aromatic N) is 1. The molecule has 2 rings (SSSR count). The molecule has 0 aliphatic rings. The largest absolute Gasteiger partial charge is 0.497 e. The van der Waals surface area contributed by atoms with E-state index in [1.165, 1.54) is 0 Å². The summed E-state index contributed by atoms with van der Waals surface area (Å²) in [5.41, 5.74) is 0. The molecule has 0 fully saturated rings. The van der Waals surface area contributed by atoms with E-state index in [0.717, 1.165) is 27.5 Å². The van der Waals surface area contributed by atoms with Crippen LogP contribution in [0.2, 0.25) is 0 Å². The Bertz CT molecular complexity index is 546. The highest BCUT2D eigenvalue weighted by Crippen LogP contribution is 2.32. The number of aromatic nitrogens is 1. The lowest BCUT2D eigenvalue weighted by atomic mass is 10.3. The number of rotatable bonds is 4. The molecular weight excluding hydrogens is 296 g/mol. The van der Waals surface area contributed by atoms with E-state index in [1.807, 2.05) is 31.3 Å². The van der Waals surface area contributed by atoms with Crippen LogP contribution >= 0.6 is 15.9 Å². The average Bonchev–Trinajstić information content (AvgIpc) is 2.41. The van der Waals surface area contributed by atoms with E-state index in [2.05, 4.69) is 26.2 Å². The number of methoxy groups -OCH3 is 1. The Kier molecular flexibility index (Phi) is 4.04. The van der Waals surface area contributed by atoms with Crippen LogP contribution in [0.3, 0.4) is 0 Å². The molecule has 1 aromatic heterocycles.